The fraction of sp³-hybridized carbons (Fsp3) is 0.600. The summed E-state index contributed by atoms with van der Waals surface area (Å²) in [5, 5.41) is 3.66. The second kappa shape index (κ2) is 9.26. The maximum Gasteiger partial charge on any atom is 0.279 e. The van der Waals surface area contributed by atoms with Crippen molar-refractivity contribution < 1.29 is 14.5 Å². The standard InChI is InChI=1S/C20H27Cl2N3O2/c1-24(12-19(26)23-15-8-9-16(21)17(22)11-15)13-20(27)25-10-4-6-14-5-2-3-7-18(14)25/h8-9,11,14,18H,2-7,10,12-13H2,1H3,(H,23,26)/p+1/t14-,18-/m0/s1. The number of nitrogens with zero attached hydrogens (tertiary/aromatic N) is 1. The molecule has 2 aliphatic rings. The van der Waals surface area contributed by atoms with Crippen LogP contribution in [0.1, 0.15) is 38.5 Å². The Morgan fingerprint density at radius 3 is 2.63 bits per heavy atom. The molecule has 5 nitrogen and oxygen atoms in total. The van der Waals surface area contributed by atoms with Crippen LogP contribution in [-0.4, -0.2) is 49.4 Å². The zero-order valence-corrected chi connectivity index (χ0v) is 17.3. The van der Waals surface area contributed by atoms with E-state index in [0.717, 1.165) is 24.3 Å². The van der Waals surface area contributed by atoms with E-state index in [4.69, 9.17) is 23.2 Å². The first-order chi connectivity index (χ1) is 12.9. The number of likely N-dealkylation sites (N-methyl/N-ethyl adjacent to an activating group) is 1. The first-order valence-electron chi connectivity index (χ1n) is 9.79. The van der Waals surface area contributed by atoms with E-state index in [1.54, 1.807) is 18.2 Å². The van der Waals surface area contributed by atoms with Crippen LogP contribution in [0.3, 0.4) is 0 Å². The fourth-order valence-electron chi connectivity index (χ4n) is 4.41. The Hall–Kier alpha value is -1.30. The lowest BCUT2D eigenvalue weighted by Crippen LogP contribution is -3.11. The van der Waals surface area contributed by atoms with Gasteiger partial charge in [0.05, 0.1) is 17.1 Å². The number of halogens is 2. The molecule has 2 fully saturated rings. The SMILES string of the molecule is C[NH+](CC(=O)Nc1ccc(Cl)c(Cl)c1)CC(=O)N1CCC[C@@H]2CCCC[C@@H]21. The van der Waals surface area contributed by atoms with Gasteiger partial charge >= 0.3 is 0 Å². The zero-order valence-electron chi connectivity index (χ0n) is 15.8. The molecule has 3 atom stereocenters. The molecule has 2 N–H and O–H groups in total. The van der Waals surface area contributed by atoms with Crippen molar-refractivity contribution in [1.29, 1.82) is 0 Å². The molecule has 0 bridgehead atoms. The highest BCUT2D eigenvalue weighted by atomic mass is 35.5. The van der Waals surface area contributed by atoms with Crippen LogP contribution >= 0.6 is 23.2 Å². The molecule has 1 saturated heterocycles. The molecule has 1 heterocycles. The summed E-state index contributed by atoms with van der Waals surface area (Å²) in [6.45, 7) is 1.44. The number of hydrogen-bond donors (Lipinski definition) is 2. The van der Waals surface area contributed by atoms with Crippen LogP contribution in [-0.2, 0) is 9.59 Å². The summed E-state index contributed by atoms with van der Waals surface area (Å²) < 4.78 is 0. The summed E-state index contributed by atoms with van der Waals surface area (Å²) >= 11 is 11.9. The second-order valence-electron chi connectivity index (χ2n) is 7.83. The lowest BCUT2D eigenvalue weighted by Gasteiger charge is -2.44. The molecule has 27 heavy (non-hydrogen) atoms. The van der Waals surface area contributed by atoms with E-state index in [1.807, 2.05) is 7.05 Å². The highest BCUT2D eigenvalue weighted by molar-refractivity contribution is 6.42. The van der Waals surface area contributed by atoms with Crippen LogP contribution in [0.5, 0.6) is 0 Å². The molecule has 1 unspecified atom stereocenters. The minimum Gasteiger partial charge on any atom is -0.335 e. The van der Waals surface area contributed by atoms with Crippen LogP contribution in [0.2, 0.25) is 10.0 Å². The van der Waals surface area contributed by atoms with Crippen molar-refractivity contribution in [2.24, 2.45) is 5.92 Å². The number of quaternary nitrogens is 1. The summed E-state index contributed by atoms with van der Waals surface area (Å²) in [6, 6.07) is 5.40. The minimum absolute atomic E-state index is 0.145. The zero-order chi connectivity index (χ0) is 19.4. The van der Waals surface area contributed by atoms with Crippen LogP contribution < -0.4 is 10.2 Å². The van der Waals surface area contributed by atoms with Crippen molar-refractivity contribution in [2.45, 2.75) is 44.6 Å². The largest absolute Gasteiger partial charge is 0.335 e. The molecule has 1 aromatic carbocycles. The van der Waals surface area contributed by atoms with E-state index in [1.165, 1.54) is 25.7 Å². The lowest BCUT2D eigenvalue weighted by molar-refractivity contribution is -0.862. The molecule has 1 aliphatic carbocycles. The van der Waals surface area contributed by atoms with Gasteiger partial charge in [-0.1, -0.05) is 36.0 Å². The molecule has 3 rings (SSSR count). The Balaban J connectivity index is 1.50. The van der Waals surface area contributed by atoms with Gasteiger partial charge in [-0.25, -0.2) is 0 Å². The van der Waals surface area contributed by atoms with E-state index < -0.39 is 0 Å². The lowest BCUT2D eigenvalue weighted by atomic mass is 9.78. The monoisotopic (exact) mass is 412 g/mol. The number of piperidine rings is 1. The van der Waals surface area contributed by atoms with Crippen LogP contribution in [0.25, 0.3) is 0 Å². The van der Waals surface area contributed by atoms with Crippen LogP contribution in [0, 0.1) is 5.92 Å². The van der Waals surface area contributed by atoms with Crippen LogP contribution in [0.15, 0.2) is 18.2 Å². The van der Waals surface area contributed by atoms with Gasteiger partial charge in [-0.05, 0) is 49.8 Å². The Labute approximate surface area is 171 Å². The molecule has 1 aliphatic heterocycles. The molecule has 148 valence electrons. The van der Waals surface area contributed by atoms with E-state index in [2.05, 4.69) is 10.2 Å². The Bertz CT molecular complexity index is 696. The van der Waals surface area contributed by atoms with E-state index in [9.17, 15) is 9.59 Å². The van der Waals surface area contributed by atoms with Gasteiger partial charge in [0, 0.05) is 18.3 Å². The fourth-order valence-corrected chi connectivity index (χ4v) is 4.71. The number of nitrogens with one attached hydrogen (secondary N) is 2. The number of anilines is 1. The molecule has 0 radical (unpaired) electrons. The van der Waals surface area contributed by atoms with E-state index >= 15 is 0 Å². The van der Waals surface area contributed by atoms with Gasteiger partial charge in [-0.2, -0.15) is 0 Å². The molecule has 1 aromatic rings. The third kappa shape index (κ3) is 5.37. The summed E-state index contributed by atoms with van der Waals surface area (Å²) in [4.78, 5) is 28.1. The normalized spacial score (nSPS) is 23.4. The molecule has 0 aromatic heterocycles. The highest BCUT2D eigenvalue weighted by Gasteiger charge is 2.36. The quantitative estimate of drug-likeness (QED) is 0.780. The molecular formula is C20H28Cl2N3O2+. The highest BCUT2D eigenvalue weighted by Crippen LogP contribution is 2.35. The molecular weight excluding hydrogens is 385 g/mol. The van der Waals surface area contributed by atoms with Gasteiger partial charge in [0.1, 0.15) is 0 Å². The molecule has 2 amide bonds. The molecule has 7 heteroatoms. The molecule has 1 saturated carbocycles. The van der Waals surface area contributed by atoms with Crippen molar-refractivity contribution in [1.82, 2.24) is 4.90 Å². The minimum atomic E-state index is -0.145. The smallest absolute Gasteiger partial charge is 0.279 e. The number of rotatable bonds is 5. The van der Waals surface area contributed by atoms with Gasteiger partial charge in [0.25, 0.3) is 11.8 Å². The van der Waals surface area contributed by atoms with Gasteiger partial charge in [0.15, 0.2) is 13.1 Å². The predicted octanol–water partition coefficient (Wildman–Crippen LogP) is 2.63. The topological polar surface area (TPSA) is 53.9 Å². The first kappa shape index (κ1) is 20.4. The van der Waals surface area contributed by atoms with E-state index in [-0.39, 0.29) is 18.4 Å². The number of fused-ring (bicyclic) bond motifs is 1. The number of benzene rings is 1. The van der Waals surface area contributed by atoms with Crippen molar-refractivity contribution in [3.63, 3.8) is 0 Å². The average Bonchev–Trinajstić information content (AvgIpc) is 2.64. The molecule has 0 spiro atoms. The summed E-state index contributed by atoms with van der Waals surface area (Å²) in [6.07, 6.45) is 7.26. The second-order valence-corrected chi connectivity index (χ2v) is 8.64. The predicted molar refractivity (Wildman–Crippen MR) is 108 cm³/mol. The van der Waals surface area contributed by atoms with Crippen molar-refractivity contribution in [2.75, 3.05) is 32.0 Å². The number of hydrogen-bond acceptors (Lipinski definition) is 2. The first-order valence-corrected chi connectivity index (χ1v) is 10.6. The number of likely N-dealkylation sites (tertiary alicyclic amines) is 1. The van der Waals surface area contributed by atoms with Gasteiger partial charge < -0.3 is 15.1 Å². The maximum absolute atomic E-state index is 12.8. The van der Waals surface area contributed by atoms with Gasteiger partial charge in [-0.15, -0.1) is 0 Å². The number of amides is 2. The van der Waals surface area contributed by atoms with Crippen molar-refractivity contribution in [3.05, 3.63) is 28.2 Å². The summed E-state index contributed by atoms with van der Waals surface area (Å²) in [5.41, 5.74) is 0.606. The van der Waals surface area contributed by atoms with Crippen LogP contribution in [0.4, 0.5) is 5.69 Å². The maximum atomic E-state index is 12.8. The van der Waals surface area contributed by atoms with Gasteiger partial charge in [0.2, 0.25) is 0 Å². The van der Waals surface area contributed by atoms with Crippen molar-refractivity contribution in [3.8, 4) is 0 Å². The Morgan fingerprint density at radius 2 is 1.85 bits per heavy atom. The summed E-state index contributed by atoms with van der Waals surface area (Å²) in [7, 11) is 1.88. The Morgan fingerprint density at radius 1 is 1.11 bits per heavy atom. The average molecular weight is 413 g/mol. The van der Waals surface area contributed by atoms with Gasteiger partial charge in [-0.3, -0.25) is 9.59 Å². The van der Waals surface area contributed by atoms with E-state index in [0.29, 0.717) is 34.2 Å². The third-order valence-corrected chi connectivity index (χ3v) is 6.42. The number of carbonyl (C=O) groups is 2. The third-order valence-electron chi connectivity index (χ3n) is 5.68. The Kier molecular flexibility index (Phi) is 7.01. The summed E-state index contributed by atoms with van der Waals surface area (Å²) in [5.74, 6) is 0.703. The number of carbonyl (C=O) groups excluding carboxylic acids is 2. The van der Waals surface area contributed by atoms with Crippen molar-refractivity contribution >= 4 is 40.7 Å².